The monoisotopic (exact) mass is 243 g/mol. The Balaban J connectivity index is 1.82. The van der Waals surface area contributed by atoms with Gasteiger partial charge < -0.3 is 10.5 Å². The Morgan fingerprint density at radius 3 is 2.69 bits per heavy atom. The van der Waals surface area contributed by atoms with Crippen LogP contribution in [0.2, 0.25) is 0 Å². The number of thioether (sulfide) groups is 1. The fourth-order valence-electron chi connectivity index (χ4n) is 2.83. The molecule has 0 aromatic heterocycles. The summed E-state index contributed by atoms with van der Waals surface area (Å²) in [6.45, 7) is 5.19. The van der Waals surface area contributed by atoms with Gasteiger partial charge in [0, 0.05) is 23.1 Å². The van der Waals surface area contributed by atoms with Crippen molar-refractivity contribution in [1.82, 2.24) is 0 Å². The molecule has 1 aliphatic carbocycles. The second kappa shape index (κ2) is 4.87. The summed E-state index contributed by atoms with van der Waals surface area (Å²) >= 11 is 2.06. The zero-order valence-corrected chi connectivity index (χ0v) is 11.4. The quantitative estimate of drug-likeness (QED) is 0.827. The highest BCUT2D eigenvalue weighted by Gasteiger charge is 2.40. The van der Waals surface area contributed by atoms with Gasteiger partial charge in [0.2, 0.25) is 0 Å². The highest BCUT2D eigenvalue weighted by Crippen LogP contribution is 2.43. The third-order valence-electron chi connectivity index (χ3n) is 3.65. The summed E-state index contributed by atoms with van der Waals surface area (Å²) < 4.78 is 6.04. The first-order chi connectivity index (χ1) is 7.49. The molecule has 1 spiro atoms. The van der Waals surface area contributed by atoms with E-state index in [0.717, 1.165) is 17.6 Å². The van der Waals surface area contributed by atoms with Gasteiger partial charge in [0.1, 0.15) is 0 Å². The molecule has 16 heavy (non-hydrogen) atoms. The molecule has 2 aliphatic rings. The van der Waals surface area contributed by atoms with Crippen LogP contribution in [0.3, 0.4) is 0 Å². The molecule has 1 heterocycles. The molecule has 1 aliphatic heterocycles. The van der Waals surface area contributed by atoms with Gasteiger partial charge in [0.25, 0.3) is 0 Å². The van der Waals surface area contributed by atoms with Gasteiger partial charge in [-0.2, -0.15) is 11.8 Å². The van der Waals surface area contributed by atoms with Gasteiger partial charge in [-0.25, -0.2) is 0 Å². The molecular weight excluding hydrogens is 218 g/mol. The summed E-state index contributed by atoms with van der Waals surface area (Å²) in [6.07, 6.45) is 7.77. The van der Waals surface area contributed by atoms with Crippen LogP contribution in [0.25, 0.3) is 0 Å². The molecule has 0 radical (unpaired) electrons. The van der Waals surface area contributed by atoms with E-state index in [1.807, 2.05) is 0 Å². The van der Waals surface area contributed by atoms with Crippen molar-refractivity contribution in [2.75, 3.05) is 12.4 Å². The van der Waals surface area contributed by atoms with E-state index in [0.29, 0.717) is 0 Å². The van der Waals surface area contributed by atoms with Crippen LogP contribution in [-0.4, -0.2) is 28.7 Å². The fourth-order valence-corrected chi connectivity index (χ4v) is 4.18. The minimum Gasteiger partial charge on any atom is -0.375 e. The summed E-state index contributed by atoms with van der Waals surface area (Å²) in [7, 11) is 0. The number of nitrogens with two attached hydrogens (primary N) is 1. The Hall–Kier alpha value is 0.270. The zero-order chi connectivity index (χ0) is 11.6. The molecule has 1 atom stereocenters. The van der Waals surface area contributed by atoms with Crippen molar-refractivity contribution in [3.8, 4) is 0 Å². The number of ether oxygens (including phenoxy) is 1. The maximum absolute atomic E-state index is 6.05. The van der Waals surface area contributed by atoms with Crippen LogP contribution < -0.4 is 5.73 Å². The summed E-state index contributed by atoms with van der Waals surface area (Å²) in [5.41, 5.74) is 6.27. The van der Waals surface area contributed by atoms with Crippen molar-refractivity contribution in [2.45, 2.75) is 68.8 Å². The Morgan fingerprint density at radius 1 is 1.38 bits per heavy atom. The first-order valence-corrected chi connectivity index (χ1v) is 7.59. The minimum absolute atomic E-state index is 0.0359. The summed E-state index contributed by atoms with van der Waals surface area (Å²) in [5.74, 6) is 1.06. The van der Waals surface area contributed by atoms with Crippen molar-refractivity contribution in [3.05, 3.63) is 0 Å². The average Bonchev–Trinajstić information content (AvgIpc) is 2.63. The molecule has 2 N–H and O–H groups in total. The lowest BCUT2D eigenvalue weighted by Gasteiger charge is -2.38. The van der Waals surface area contributed by atoms with Gasteiger partial charge in [-0.05, 0) is 39.5 Å². The molecule has 1 saturated carbocycles. The first-order valence-electron chi connectivity index (χ1n) is 6.54. The van der Waals surface area contributed by atoms with Crippen LogP contribution in [0.5, 0.6) is 0 Å². The maximum atomic E-state index is 6.05. The summed E-state index contributed by atoms with van der Waals surface area (Å²) in [6, 6.07) is 0. The normalized spacial score (nSPS) is 29.8. The van der Waals surface area contributed by atoms with E-state index >= 15 is 0 Å². The van der Waals surface area contributed by atoms with Crippen LogP contribution in [0.15, 0.2) is 0 Å². The van der Waals surface area contributed by atoms with E-state index in [4.69, 9.17) is 10.5 Å². The van der Waals surface area contributed by atoms with E-state index in [9.17, 15) is 0 Å². The van der Waals surface area contributed by atoms with Crippen molar-refractivity contribution in [1.29, 1.82) is 0 Å². The van der Waals surface area contributed by atoms with Crippen LogP contribution in [-0.2, 0) is 4.74 Å². The number of hydrogen-bond acceptors (Lipinski definition) is 3. The molecule has 0 amide bonds. The lowest BCUT2D eigenvalue weighted by atomic mass is 9.92. The van der Waals surface area contributed by atoms with E-state index in [-0.39, 0.29) is 11.1 Å². The third-order valence-corrected chi connectivity index (χ3v) is 5.44. The molecule has 1 unspecified atom stereocenters. The maximum Gasteiger partial charge on any atom is 0.0693 e. The van der Waals surface area contributed by atoms with Crippen molar-refractivity contribution < 1.29 is 4.74 Å². The molecule has 1 saturated heterocycles. The standard InChI is InChI=1S/C13H25NOS/c1-12(2,14)10-16-11-5-8-15-13(9-11)6-3-4-7-13/h11H,3-10,14H2,1-2H3. The van der Waals surface area contributed by atoms with Crippen molar-refractivity contribution in [3.63, 3.8) is 0 Å². The molecular formula is C13H25NOS. The van der Waals surface area contributed by atoms with Crippen molar-refractivity contribution >= 4 is 11.8 Å². The Morgan fingerprint density at radius 2 is 2.06 bits per heavy atom. The zero-order valence-electron chi connectivity index (χ0n) is 10.6. The highest BCUT2D eigenvalue weighted by molar-refractivity contribution is 8.00. The molecule has 2 fully saturated rings. The topological polar surface area (TPSA) is 35.2 Å². The van der Waals surface area contributed by atoms with Crippen LogP contribution in [0.4, 0.5) is 0 Å². The second-order valence-corrected chi connectivity index (χ2v) is 7.44. The van der Waals surface area contributed by atoms with Gasteiger partial charge in [0.15, 0.2) is 0 Å². The molecule has 94 valence electrons. The van der Waals surface area contributed by atoms with Crippen LogP contribution in [0, 0.1) is 0 Å². The van der Waals surface area contributed by atoms with E-state index in [2.05, 4.69) is 25.6 Å². The highest BCUT2D eigenvalue weighted by atomic mass is 32.2. The van der Waals surface area contributed by atoms with Gasteiger partial charge in [0.05, 0.1) is 5.60 Å². The molecule has 0 bridgehead atoms. The Bertz CT molecular complexity index is 231. The van der Waals surface area contributed by atoms with E-state index < -0.39 is 0 Å². The summed E-state index contributed by atoms with van der Waals surface area (Å²) in [5, 5.41) is 0.773. The van der Waals surface area contributed by atoms with Gasteiger partial charge >= 0.3 is 0 Å². The fraction of sp³-hybridized carbons (Fsp3) is 1.00. The average molecular weight is 243 g/mol. The van der Waals surface area contributed by atoms with Gasteiger partial charge in [-0.15, -0.1) is 0 Å². The number of rotatable bonds is 3. The minimum atomic E-state index is -0.0359. The first kappa shape index (κ1) is 12.7. The lowest BCUT2D eigenvalue weighted by molar-refractivity contribution is -0.0704. The molecule has 2 rings (SSSR count). The molecule has 2 nitrogen and oxygen atoms in total. The molecule has 3 heteroatoms. The molecule has 0 aromatic rings. The largest absolute Gasteiger partial charge is 0.375 e. The predicted molar refractivity (Wildman–Crippen MR) is 70.9 cm³/mol. The number of hydrogen-bond donors (Lipinski definition) is 1. The smallest absolute Gasteiger partial charge is 0.0693 e. The Labute approximate surface area is 104 Å². The van der Waals surface area contributed by atoms with E-state index in [1.54, 1.807) is 0 Å². The van der Waals surface area contributed by atoms with Crippen LogP contribution >= 0.6 is 11.8 Å². The third kappa shape index (κ3) is 3.38. The van der Waals surface area contributed by atoms with Crippen molar-refractivity contribution in [2.24, 2.45) is 5.73 Å². The second-order valence-electron chi connectivity index (χ2n) is 6.15. The lowest BCUT2D eigenvalue weighted by Crippen LogP contribution is -2.40. The summed E-state index contributed by atoms with van der Waals surface area (Å²) in [4.78, 5) is 0. The Kier molecular flexibility index (Phi) is 3.87. The van der Waals surface area contributed by atoms with Gasteiger partial charge in [-0.3, -0.25) is 0 Å². The van der Waals surface area contributed by atoms with E-state index in [1.165, 1.54) is 38.5 Å². The molecule has 0 aromatic carbocycles. The SMILES string of the molecule is CC(C)(N)CSC1CCOC2(CCCC2)C1. The predicted octanol–water partition coefficient (Wildman–Crippen LogP) is 2.95. The van der Waals surface area contributed by atoms with Crippen LogP contribution in [0.1, 0.15) is 52.4 Å². The van der Waals surface area contributed by atoms with Gasteiger partial charge in [-0.1, -0.05) is 12.8 Å².